The zero-order chi connectivity index (χ0) is 17.0. The quantitative estimate of drug-likeness (QED) is 0.796. The Morgan fingerprint density at radius 2 is 1.96 bits per heavy atom. The number of amides is 2. The molecule has 25 heavy (non-hydrogen) atoms. The highest BCUT2D eigenvalue weighted by atomic mass is 16.2. The summed E-state index contributed by atoms with van der Waals surface area (Å²) in [6, 6.07) is 6.12. The van der Waals surface area contributed by atoms with Crippen molar-refractivity contribution in [2.24, 2.45) is 11.8 Å². The van der Waals surface area contributed by atoms with E-state index >= 15 is 0 Å². The minimum absolute atomic E-state index is 0.0149. The standard InChI is InChI=1S/C19H24N4O2/c24-17(23-9-13-6-20-7-14(13)10-23)11-22-5-4-12-2-1-3-15-18(12)16(22)8-21-19(15)25/h1-3,13-14,16,20H,4-11H2,(H,21,25)/t13-,14+,16?. The number of fused-ring (bicyclic) bond motifs is 1. The van der Waals surface area contributed by atoms with Gasteiger partial charge in [-0.3, -0.25) is 14.5 Å². The number of nitrogens with zero attached hydrogens (tertiary/aromatic N) is 2. The van der Waals surface area contributed by atoms with Gasteiger partial charge in [0, 0.05) is 44.8 Å². The van der Waals surface area contributed by atoms with Crippen molar-refractivity contribution in [3.63, 3.8) is 0 Å². The molecule has 0 aliphatic carbocycles. The third-order valence-electron chi connectivity index (χ3n) is 6.42. The van der Waals surface area contributed by atoms with Crippen molar-refractivity contribution >= 4 is 11.8 Å². The highest BCUT2D eigenvalue weighted by Crippen LogP contribution is 2.35. The Labute approximate surface area is 147 Å². The van der Waals surface area contributed by atoms with Crippen molar-refractivity contribution in [2.45, 2.75) is 12.5 Å². The molecule has 0 radical (unpaired) electrons. The van der Waals surface area contributed by atoms with Gasteiger partial charge in [0.05, 0.1) is 12.6 Å². The van der Waals surface area contributed by atoms with Gasteiger partial charge in [-0.2, -0.15) is 0 Å². The first kappa shape index (κ1) is 15.3. The topological polar surface area (TPSA) is 64.7 Å². The number of benzene rings is 1. The number of likely N-dealkylation sites (tertiary alicyclic amines) is 1. The summed E-state index contributed by atoms with van der Waals surface area (Å²) in [4.78, 5) is 29.3. The molecule has 0 spiro atoms. The normalized spacial score (nSPS) is 30.8. The Morgan fingerprint density at radius 3 is 2.76 bits per heavy atom. The van der Waals surface area contributed by atoms with Gasteiger partial charge in [0.25, 0.3) is 5.91 Å². The van der Waals surface area contributed by atoms with Crippen molar-refractivity contribution in [1.82, 2.24) is 20.4 Å². The lowest BCUT2D eigenvalue weighted by Gasteiger charge is -2.40. The first-order valence-corrected chi connectivity index (χ1v) is 9.33. The average Bonchev–Trinajstić information content (AvgIpc) is 3.21. The van der Waals surface area contributed by atoms with E-state index in [0.717, 1.165) is 50.3 Å². The smallest absolute Gasteiger partial charge is 0.251 e. The lowest BCUT2D eigenvalue weighted by atomic mass is 9.86. The van der Waals surface area contributed by atoms with Gasteiger partial charge in [0.15, 0.2) is 0 Å². The molecule has 5 rings (SSSR count). The van der Waals surface area contributed by atoms with E-state index in [-0.39, 0.29) is 17.9 Å². The molecule has 132 valence electrons. The highest BCUT2D eigenvalue weighted by Gasteiger charge is 2.40. The molecule has 4 aliphatic heterocycles. The third-order valence-corrected chi connectivity index (χ3v) is 6.42. The minimum Gasteiger partial charge on any atom is -0.350 e. The van der Waals surface area contributed by atoms with E-state index in [1.165, 1.54) is 5.56 Å². The summed E-state index contributed by atoms with van der Waals surface area (Å²) in [6.45, 7) is 5.83. The third kappa shape index (κ3) is 2.47. The molecule has 4 aliphatic rings. The van der Waals surface area contributed by atoms with Crippen molar-refractivity contribution in [3.8, 4) is 0 Å². The SMILES string of the molecule is O=C1NCC2c3c(cccc31)CCN2CC(=O)N1C[C@H]2CNC[C@H]2C1. The summed E-state index contributed by atoms with van der Waals surface area (Å²) in [7, 11) is 0. The van der Waals surface area contributed by atoms with E-state index in [4.69, 9.17) is 0 Å². The van der Waals surface area contributed by atoms with E-state index in [1.54, 1.807) is 0 Å². The number of nitrogens with one attached hydrogen (secondary N) is 2. The molecule has 0 aromatic heterocycles. The summed E-state index contributed by atoms with van der Waals surface area (Å²) in [5.74, 6) is 1.52. The van der Waals surface area contributed by atoms with Crippen LogP contribution < -0.4 is 10.6 Å². The molecule has 0 saturated carbocycles. The first-order valence-electron chi connectivity index (χ1n) is 9.33. The van der Waals surface area contributed by atoms with Crippen LogP contribution >= 0.6 is 0 Å². The van der Waals surface area contributed by atoms with Crippen LogP contribution in [0.3, 0.4) is 0 Å². The van der Waals surface area contributed by atoms with Crippen LogP contribution in [0.1, 0.15) is 27.5 Å². The molecule has 2 fully saturated rings. The maximum atomic E-state index is 12.9. The Bertz CT molecular complexity index is 722. The molecule has 1 unspecified atom stereocenters. The van der Waals surface area contributed by atoms with Crippen LogP contribution in [0.4, 0.5) is 0 Å². The van der Waals surface area contributed by atoms with Crippen LogP contribution in [0.25, 0.3) is 0 Å². The molecule has 2 amide bonds. The molecule has 0 bridgehead atoms. The van der Waals surface area contributed by atoms with Crippen molar-refractivity contribution in [1.29, 1.82) is 0 Å². The number of hydrogen-bond donors (Lipinski definition) is 2. The summed E-state index contributed by atoms with van der Waals surface area (Å²) in [5, 5.41) is 6.41. The van der Waals surface area contributed by atoms with Crippen molar-refractivity contribution in [3.05, 3.63) is 34.9 Å². The molecule has 2 N–H and O–H groups in total. The Morgan fingerprint density at radius 1 is 1.16 bits per heavy atom. The predicted molar refractivity (Wildman–Crippen MR) is 93.2 cm³/mol. The van der Waals surface area contributed by atoms with Gasteiger partial charge in [-0.05, 0) is 35.4 Å². The number of carbonyl (C=O) groups excluding carboxylic acids is 2. The Kier molecular flexibility index (Phi) is 3.57. The predicted octanol–water partition coefficient (Wildman–Crippen LogP) is 0.00700. The summed E-state index contributed by atoms with van der Waals surface area (Å²) in [6.07, 6.45) is 0.912. The van der Waals surface area contributed by atoms with Crippen LogP contribution in [0.15, 0.2) is 18.2 Å². The molecule has 2 saturated heterocycles. The second kappa shape index (κ2) is 5.81. The average molecular weight is 340 g/mol. The van der Waals surface area contributed by atoms with Crippen LogP contribution in [-0.4, -0.2) is 67.4 Å². The second-order valence-electron chi connectivity index (χ2n) is 7.80. The van der Waals surface area contributed by atoms with Gasteiger partial charge >= 0.3 is 0 Å². The zero-order valence-corrected chi connectivity index (χ0v) is 14.3. The molecule has 3 atom stereocenters. The van der Waals surface area contributed by atoms with E-state index in [1.807, 2.05) is 12.1 Å². The lowest BCUT2D eigenvalue weighted by molar-refractivity contribution is -0.132. The second-order valence-corrected chi connectivity index (χ2v) is 7.80. The van der Waals surface area contributed by atoms with Gasteiger partial charge in [-0.1, -0.05) is 12.1 Å². The maximum Gasteiger partial charge on any atom is 0.251 e. The zero-order valence-electron chi connectivity index (χ0n) is 14.3. The lowest BCUT2D eigenvalue weighted by Crippen LogP contribution is -2.50. The fraction of sp³-hybridized carbons (Fsp3) is 0.579. The van der Waals surface area contributed by atoms with Crippen LogP contribution in [0, 0.1) is 11.8 Å². The fourth-order valence-electron chi connectivity index (χ4n) is 5.06. The van der Waals surface area contributed by atoms with Gasteiger partial charge in [0.1, 0.15) is 0 Å². The molecular formula is C19H24N4O2. The van der Waals surface area contributed by atoms with E-state index in [9.17, 15) is 9.59 Å². The Balaban J connectivity index is 1.34. The fourth-order valence-corrected chi connectivity index (χ4v) is 5.06. The van der Waals surface area contributed by atoms with Gasteiger partial charge in [0.2, 0.25) is 5.91 Å². The Hall–Kier alpha value is -1.92. The molecule has 4 heterocycles. The molecule has 1 aromatic carbocycles. The van der Waals surface area contributed by atoms with E-state index in [2.05, 4.69) is 26.5 Å². The maximum absolute atomic E-state index is 12.9. The number of hydrogen-bond acceptors (Lipinski definition) is 4. The van der Waals surface area contributed by atoms with Crippen molar-refractivity contribution < 1.29 is 9.59 Å². The monoisotopic (exact) mass is 340 g/mol. The van der Waals surface area contributed by atoms with Gasteiger partial charge in [-0.25, -0.2) is 0 Å². The first-order chi connectivity index (χ1) is 12.2. The van der Waals surface area contributed by atoms with Crippen LogP contribution in [0.5, 0.6) is 0 Å². The van der Waals surface area contributed by atoms with Gasteiger partial charge in [-0.15, -0.1) is 0 Å². The molecule has 6 nitrogen and oxygen atoms in total. The minimum atomic E-state index is 0.0149. The largest absolute Gasteiger partial charge is 0.350 e. The summed E-state index contributed by atoms with van der Waals surface area (Å²) >= 11 is 0. The van der Waals surface area contributed by atoms with Crippen molar-refractivity contribution in [2.75, 3.05) is 45.8 Å². The van der Waals surface area contributed by atoms with E-state index in [0.29, 0.717) is 24.9 Å². The summed E-state index contributed by atoms with van der Waals surface area (Å²) in [5.41, 5.74) is 3.20. The van der Waals surface area contributed by atoms with Crippen LogP contribution in [-0.2, 0) is 11.2 Å². The number of carbonyl (C=O) groups is 2. The number of rotatable bonds is 2. The molecular weight excluding hydrogens is 316 g/mol. The highest BCUT2D eigenvalue weighted by molar-refractivity contribution is 5.97. The summed E-state index contributed by atoms with van der Waals surface area (Å²) < 4.78 is 0. The van der Waals surface area contributed by atoms with Gasteiger partial charge < -0.3 is 15.5 Å². The molecule has 6 heteroatoms. The van der Waals surface area contributed by atoms with E-state index < -0.39 is 0 Å². The van der Waals surface area contributed by atoms with Crippen LogP contribution in [0.2, 0.25) is 0 Å². The molecule has 1 aromatic rings.